The third kappa shape index (κ3) is 12.5. The summed E-state index contributed by atoms with van der Waals surface area (Å²) in [7, 11) is 1.96. The van der Waals surface area contributed by atoms with E-state index in [2.05, 4.69) is 17.6 Å². The Hall–Kier alpha value is -0.750. The van der Waals surface area contributed by atoms with Crippen molar-refractivity contribution in [2.45, 2.75) is 103 Å². The molecule has 0 saturated carbocycles. The van der Waals surface area contributed by atoms with E-state index >= 15 is 0 Å². The van der Waals surface area contributed by atoms with Crippen molar-refractivity contribution in [2.24, 2.45) is 0 Å². The van der Waals surface area contributed by atoms with E-state index < -0.39 is 0 Å². The van der Waals surface area contributed by atoms with Crippen LogP contribution in [-0.4, -0.2) is 54.5 Å². The number of unbranched alkanes of at least 4 members (excludes halogenated alkanes) is 11. The van der Waals surface area contributed by atoms with Gasteiger partial charge in [-0.05, 0) is 32.9 Å². The number of nitrogens with one attached hydrogen (secondary N) is 2. The Morgan fingerprint density at radius 3 is 2.10 bits per heavy atom. The highest BCUT2D eigenvalue weighted by atomic mass is 32.2. The number of carbonyl (C=O) groups is 2. The molecule has 1 saturated heterocycles. The van der Waals surface area contributed by atoms with Crippen LogP contribution >= 0.6 is 11.8 Å². The summed E-state index contributed by atoms with van der Waals surface area (Å²) in [6.07, 6.45) is 16.6. The molecule has 0 aromatic heterocycles. The Labute approximate surface area is 183 Å². The fourth-order valence-corrected chi connectivity index (χ4v) is 4.93. The van der Waals surface area contributed by atoms with Crippen LogP contribution in [-0.2, 0) is 9.59 Å². The van der Waals surface area contributed by atoms with Gasteiger partial charge in [0, 0.05) is 18.7 Å². The first kappa shape index (κ1) is 26.3. The monoisotopic (exact) mass is 427 g/mol. The normalized spacial score (nSPS) is 16.3. The minimum Gasteiger partial charge on any atom is -0.354 e. The van der Waals surface area contributed by atoms with Crippen LogP contribution < -0.4 is 10.6 Å². The number of nitrogens with zero attached hydrogens (tertiary/aromatic N) is 1. The highest BCUT2D eigenvalue weighted by Crippen LogP contribution is 2.23. The smallest absolute Gasteiger partial charge is 0.243 e. The minimum atomic E-state index is -0.270. The number of rotatable bonds is 18. The molecule has 6 heteroatoms. The van der Waals surface area contributed by atoms with E-state index in [4.69, 9.17) is 0 Å². The molecule has 1 rings (SSSR count). The van der Waals surface area contributed by atoms with Gasteiger partial charge in [0.2, 0.25) is 11.8 Å². The third-order valence-corrected chi connectivity index (χ3v) is 6.66. The van der Waals surface area contributed by atoms with Gasteiger partial charge >= 0.3 is 0 Å². The average molecular weight is 428 g/mol. The number of thioether (sulfide) groups is 1. The van der Waals surface area contributed by atoms with Gasteiger partial charge in [0.25, 0.3) is 0 Å². The van der Waals surface area contributed by atoms with Gasteiger partial charge in [-0.15, -0.1) is 11.8 Å². The van der Waals surface area contributed by atoms with Crippen molar-refractivity contribution in [1.29, 1.82) is 0 Å². The quantitative estimate of drug-likeness (QED) is 0.311. The Bertz CT molecular complexity index is 434. The lowest BCUT2D eigenvalue weighted by molar-refractivity contribution is -0.138. The maximum Gasteiger partial charge on any atom is 0.243 e. The van der Waals surface area contributed by atoms with Crippen molar-refractivity contribution in [2.75, 3.05) is 31.8 Å². The van der Waals surface area contributed by atoms with Crippen molar-refractivity contribution >= 4 is 23.6 Å². The molecule has 1 fully saturated rings. The van der Waals surface area contributed by atoms with Crippen molar-refractivity contribution in [3.63, 3.8) is 0 Å². The Balaban J connectivity index is 2.09. The lowest BCUT2D eigenvalue weighted by Gasteiger charge is -2.23. The van der Waals surface area contributed by atoms with E-state index in [-0.39, 0.29) is 17.9 Å². The molecule has 1 aliphatic rings. The zero-order valence-electron chi connectivity index (χ0n) is 19.0. The van der Waals surface area contributed by atoms with Gasteiger partial charge in [0.1, 0.15) is 6.04 Å². The first-order valence-electron chi connectivity index (χ1n) is 12.0. The van der Waals surface area contributed by atoms with Gasteiger partial charge in [-0.2, -0.15) is 0 Å². The van der Waals surface area contributed by atoms with Gasteiger partial charge in [-0.1, -0.05) is 71.1 Å². The Morgan fingerprint density at radius 2 is 1.45 bits per heavy atom. The Kier molecular flexibility index (Phi) is 16.4. The van der Waals surface area contributed by atoms with Crippen molar-refractivity contribution < 1.29 is 9.59 Å². The molecule has 0 spiro atoms. The highest BCUT2D eigenvalue weighted by Gasteiger charge is 2.33. The fourth-order valence-electron chi connectivity index (χ4n) is 3.75. The number of carbonyl (C=O) groups excluding carboxylic acids is 2. The second kappa shape index (κ2) is 18.1. The van der Waals surface area contributed by atoms with Crippen LogP contribution in [0.2, 0.25) is 0 Å². The summed E-state index contributed by atoms with van der Waals surface area (Å²) in [6, 6.07) is -0.270. The Morgan fingerprint density at radius 1 is 0.862 bits per heavy atom. The van der Waals surface area contributed by atoms with Crippen LogP contribution in [0, 0.1) is 0 Å². The second-order valence-electron chi connectivity index (χ2n) is 8.27. The zero-order valence-corrected chi connectivity index (χ0v) is 19.8. The molecule has 170 valence electrons. The van der Waals surface area contributed by atoms with E-state index in [1.165, 1.54) is 51.4 Å². The summed E-state index contributed by atoms with van der Waals surface area (Å²) >= 11 is 1.69. The van der Waals surface area contributed by atoms with E-state index in [0.29, 0.717) is 18.8 Å². The van der Waals surface area contributed by atoms with Crippen LogP contribution in [0.15, 0.2) is 0 Å². The molecule has 2 N–H and O–H groups in total. The average Bonchev–Trinajstić information content (AvgIpc) is 3.22. The first-order chi connectivity index (χ1) is 14.2. The maximum atomic E-state index is 12.6. The topological polar surface area (TPSA) is 61.4 Å². The summed E-state index contributed by atoms with van der Waals surface area (Å²) < 4.78 is 0. The number of hydrogen-bond acceptors (Lipinski definition) is 4. The van der Waals surface area contributed by atoms with Crippen LogP contribution in [0.4, 0.5) is 0 Å². The number of hydrogen-bond donors (Lipinski definition) is 2. The van der Waals surface area contributed by atoms with E-state index in [1.807, 2.05) is 7.05 Å². The maximum absolute atomic E-state index is 12.6. The first-order valence-corrected chi connectivity index (χ1v) is 13.2. The predicted octanol–water partition coefficient (Wildman–Crippen LogP) is 4.70. The zero-order chi connectivity index (χ0) is 21.2. The highest BCUT2D eigenvalue weighted by molar-refractivity contribution is 7.99. The summed E-state index contributed by atoms with van der Waals surface area (Å²) in [6.45, 7) is 3.99. The summed E-state index contributed by atoms with van der Waals surface area (Å²) in [5, 5.41) is 6.16. The third-order valence-electron chi connectivity index (χ3n) is 5.65. The molecule has 0 radical (unpaired) electrons. The van der Waals surface area contributed by atoms with E-state index in [9.17, 15) is 9.59 Å². The number of amides is 2. The molecule has 1 unspecified atom stereocenters. The van der Waals surface area contributed by atoms with Crippen LogP contribution in [0.25, 0.3) is 0 Å². The van der Waals surface area contributed by atoms with Gasteiger partial charge in [0.05, 0.1) is 5.88 Å². The van der Waals surface area contributed by atoms with Gasteiger partial charge in [-0.3, -0.25) is 9.59 Å². The summed E-state index contributed by atoms with van der Waals surface area (Å²) in [4.78, 5) is 26.8. The molecule has 0 aromatic rings. The summed E-state index contributed by atoms with van der Waals surface area (Å²) in [5.41, 5.74) is 0. The molecule has 0 aliphatic carbocycles. The second-order valence-corrected chi connectivity index (χ2v) is 9.27. The molecule has 0 bridgehead atoms. The lowest BCUT2D eigenvalue weighted by Crippen LogP contribution is -2.47. The van der Waals surface area contributed by atoms with E-state index in [1.54, 1.807) is 16.7 Å². The van der Waals surface area contributed by atoms with Crippen molar-refractivity contribution in [1.82, 2.24) is 15.5 Å². The predicted molar refractivity (Wildman–Crippen MR) is 125 cm³/mol. The van der Waals surface area contributed by atoms with Gasteiger partial charge < -0.3 is 15.5 Å². The van der Waals surface area contributed by atoms with Crippen LogP contribution in [0.5, 0.6) is 0 Å². The van der Waals surface area contributed by atoms with Crippen LogP contribution in [0.3, 0.4) is 0 Å². The van der Waals surface area contributed by atoms with E-state index in [0.717, 1.165) is 44.4 Å². The van der Waals surface area contributed by atoms with Crippen LogP contribution in [0.1, 0.15) is 96.8 Å². The van der Waals surface area contributed by atoms with Crippen molar-refractivity contribution in [3.05, 3.63) is 0 Å². The molecule has 29 heavy (non-hydrogen) atoms. The van der Waals surface area contributed by atoms with Gasteiger partial charge in [-0.25, -0.2) is 0 Å². The SMILES string of the molecule is CCCCCCCCCCCCC(=O)N1CSCC1C(=O)NCCCCCNC. The molecule has 1 atom stereocenters. The fraction of sp³-hybridized carbons (Fsp3) is 0.913. The lowest BCUT2D eigenvalue weighted by atomic mass is 10.1. The van der Waals surface area contributed by atoms with Crippen molar-refractivity contribution in [3.8, 4) is 0 Å². The minimum absolute atomic E-state index is 0.0278. The van der Waals surface area contributed by atoms with Gasteiger partial charge in [0.15, 0.2) is 0 Å². The molecule has 1 heterocycles. The summed E-state index contributed by atoms with van der Waals surface area (Å²) in [5.74, 6) is 1.58. The molecular weight excluding hydrogens is 382 g/mol. The molecule has 0 aromatic carbocycles. The largest absolute Gasteiger partial charge is 0.354 e. The molecule has 1 aliphatic heterocycles. The molecule has 2 amide bonds. The molecular formula is C23H45N3O2S. The standard InChI is InChI=1S/C23H45N3O2S/c1-3-4-5-6-7-8-9-10-11-13-16-22(27)26-20-29-19-21(26)23(28)25-18-15-12-14-17-24-2/h21,24H,3-20H2,1-2H3,(H,25,28). The molecule has 5 nitrogen and oxygen atoms in total.